The number of aliphatic hydroxyl groups excluding tert-OH is 1. The topological polar surface area (TPSA) is 70.1 Å². The Balaban J connectivity index is 2.11. The molecule has 2 aliphatic carbocycles. The Kier molecular flexibility index (Phi) is 1.60. The van der Waals surface area contributed by atoms with Gasteiger partial charge in [0.15, 0.2) is 5.78 Å². The van der Waals surface area contributed by atoms with Crippen molar-refractivity contribution in [2.24, 2.45) is 0 Å². The molecule has 0 aromatic heterocycles. The highest BCUT2D eigenvalue weighted by Gasteiger charge is 2.62. The zero-order valence-corrected chi connectivity index (χ0v) is 8.30. The molecular weight excluding hydrogens is 196 g/mol. The molecule has 80 valence electrons. The van der Waals surface area contributed by atoms with Gasteiger partial charge in [-0.2, -0.15) is 0 Å². The predicted octanol–water partition coefficient (Wildman–Crippen LogP) is -0.295. The molecule has 3 aliphatic rings. The zero-order valence-electron chi connectivity index (χ0n) is 8.30. The molecule has 0 radical (unpaired) electrons. The molecule has 0 spiro atoms. The fourth-order valence-electron chi connectivity index (χ4n) is 2.60. The summed E-state index contributed by atoms with van der Waals surface area (Å²) in [4.78, 5) is 11.7. The van der Waals surface area contributed by atoms with Crippen LogP contribution in [0.4, 0.5) is 0 Å². The van der Waals surface area contributed by atoms with Crippen LogP contribution in [0.5, 0.6) is 0 Å². The molecule has 2 N–H and O–H groups in total. The second-order valence-corrected chi connectivity index (χ2v) is 4.55. The number of carbonyl (C=O) groups excluding carboxylic acids is 1. The second-order valence-electron chi connectivity index (χ2n) is 4.55. The van der Waals surface area contributed by atoms with Crippen molar-refractivity contribution in [2.45, 2.75) is 37.3 Å². The predicted molar refractivity (Wildman–Crippen MR) is 51.1 cm³/mol. The standard InChI is InChI=1S/C11H12O4/c1-5-2-7(12)6-3-8(13)9-10(15-9)11(6,14)4-5/h2-3,8-10,13-14H,4H2,1H3. The van der Waals surface area contributed by atoms with Gasteiger partial charge in [0.25, 0.3) is 0 Å². The SMILES string of the molecule is CC1=CC(=O)C2=CC(O)C3OC3C2(O)C1. The molecule has 4 atom stereocenters. The van der Waals surface area contributed by atoms with Crippen LogP contribution >= 0.6 is 0 Å². The molecule has 3 rings (SSSR count). The maximum atomic E-state index is 11.7. The van der Waals surface area contributed by atoms with Gasteiger partial charge < -0.3 is 14.9 Å². The van der Waals surface area contributed by atoms with Crippen molar-refractivity contribution in [1.82, 2.24) is 0 Å². The molecule has 0 amide bonds. The number of rotatable bonds is 0. The first-order valence-electron chi connectivity index (χ1n) is 5.02. The molecular formula is C11H12O4. The Hall–Kier alpha value is -0.970. The van der Waals surface area contributed by atoms with E-state index in [-0.39, 0.29) is 11.9 Å². The molecule has 4 unspecified atom stereocenters. The van der Waals surface area contributed by atoms with Crippen LogP contribution < -0.4 is 0 Å². The molecule has 1 heterocycles. The number of ether oxygens (including phenoxy) is 1. The minimum Gasteiger partial charge on any atom is -0.386 e. The van der Waals surface area contributed by atoms with E-state index < -0.39 is 17.8 Å². The Morgan fingerprint density at radius 2 is 2.33 bits per heavy atom. The minimum atomic E-state index is -1.21. The van der Waals surface area contributed by atoms with E-state index in [1.807, 2.05) is 6.92 Å². The van der Waals surface area contributed by atoms with Gasteiger partial charge in [-0.05, 0) is 19.1 Å². The lowest BCUT2D eigenvalue weighted by molar-refractivity contribution is -0.114. The number of ketones is 1. The summed E-state index contributed by atoms with van der Waals surface area (Å²) in [6.45, 7) is 1.81. The number of hydrogen-bond donors (Lipinski definition) is 2. The zero-order chi connectivity index (χ0) is 10.8. The summed E-state index contributed by atoms with van der Waals surface area (Å²) in [5.74, 6) is -0.214. The van der Waals surface area contributed by atoms with Gasteiger partial charge in [-0.15, -0.1) is 0 Å². The van der Waals surface area contributed by atoms with Crippen LogP contribution in [0, 0.1) is 0 Å². The maximum Gasteiger partial charge on any atom is 0.184 e. The molecule has 1 aliphatic heterocycles. The van der Waals surface area contributed by atoms with Crippen molar-refractivity contribution in [3.05, 3.63) is 23.3 Å². The second kappa shape index (κ2) is 2.58. The molecule has 0 aromatic rings. The van der Waals surface area contributed by atoms with E-state index in [1.54, 1.807) is 0 Å². The van der Waals surface area contributed by atoms with Crippen molar-refractivity contribution in [3.63, 3.8) is 0 Å². The molecule has 4 nitrogen and oxygen atoms in total. The van der Waals surface area contributed by atoms with Crippen LogP contribution in [-0.2, 0) is 9.53 Å². The van der Waals surface area contributed by atoms with Crippen molar-refractivity contribution < 1.29 is 19.7 Å². The van der Waals surface area contributed by atoms with Gasteiger partial charge in [-0.25, -0.2) is 0 Å². The lowest BCUT2D eigenvalue weighted by Gasteiger charge is -2.34. The third-order valence-corrected chi connectivity index (χ3v) is 3.33. The van der Waals surface area contributed by atoms with Crippen molar-refractivity contribution >= 4 is 5.78 Å². The number of epoxide rings is 1. The molecule has 15 heavy (non-hydrogen) atoms. The highest BCUT2D eigenvalue weighted by atomic mass is 16.6. The van der Waals surface area contributed by atoms with E-state index in [1.165, 1.54) is 12.2 Å². The summed E-state index contributed by atoms with van der Waals surface area (Å²) in [6, 6.07) is 0. The molecule has 0 aromatic carbocycles. The van der Waals surface area contributed by atoms with E-state index in [0.29, 0.717) is 12.0 Å². The molecule has 0 saturated carbocycles. The van der Waals surface area contributed by atoms with E-state index in [9.17, 15) is 15.0 Å². The largest absolute Gasteiger partial charge is 0.386 e. The summed E-state index contributed by atoms with van der Waals surface area (Å²) in [7, 11) is 0. The van der Waals surface area contributed by atoms with Crippen molar-refractivity contribution in [1.29, 1.82) is 0 Å². The van der Waals surface area contributed by atoms with Crippen LogP contribution in [0.15, 0.2) is 23.3 Å². The summed E-state index contributed by atoms with van der Waals surface area (Å²) in [5, 5.41) is 20.0. The van der Waals surface area contributed by atoms with Crippen LogP contribution in [0.1, 0.15) is 13.3 Å². The number of allylic oxidation sites excluding steroid dienone is 1. The number of aliphatic hydroxyl groups is 2. The van der Waals surface area contributed by atoms with E-state index in [0.717, 1.165) is 5.57 Å². The van der Waals surface area contributed by atoms with Gasteiger partial charge in [-0.1, -0.05) is 5.57 Å². The number of fused-ring (bicyclic) bond motifs is 3. The third-order valence-electron chi connectivity index (χ3n) is 3.33. The van der Waals surface area contributed by atoms with Crippen molar-refractivity contribution in [2.75, 3.05) is 0 Å². The van der Waals surface area contributed by atoms with Gasteiger partial charge in [-0.3, -0.25) is 4.79 Å². The highest BCUT2D eigenvalue weighted by Crippen LogP contribution is 2.48. The van der Waals surface area contributed by atoms with Crippen LogP contribution in [0.25, 0.3) is 0 Å². The minimum absolute atomic E-state index is 0.214. The number of carbonyl (C=O) groups is 1. The van der Waals surface area contributed by atoms with Crippen LogP contribution in [-0.4, -0.2) is 39.9 Å². The molecule has 0 bridgehead atoms. The average Bonchev–Trinajstić information content (AvgIpc) is 2.89. The summed E-state index contributed by atoms with van der Waals surface area (Å²) in [5.41, 5.74) is -0.0653. The average molecular weight is 208 g/mol. The Bertz CT molecular complexity index is 409. The summed E-state index contributed by atoms with van der Waals surface area (Å²) >= 11 is 0. The van der Waals surface area contributed by atoms with E-state index >= 15 is 0 Å². The van der Waals surface area contributed by atoms with E-state index in [2.05, 4.69) is 0 Å². The van der Waals surface area contributed by atoms with Crippen LogP contribution in [0.2, 0.25) is 0 Å². The monoisotopic (exact) mass is 208 g/mol. The van der Waals surface area contributed by atoms with Gasteiger partial charge in [0.1, 0.15) is 23.9 Å². The van der Waals surface area contributed by atoms with Gasteiger partial charge in [0.05, 0.1) is 0 Å². The lowest BCUT2D eigenvalue weighted by Crippen LogP contribution is -2.48. The number of hydrogen-bond acceptors (Lipinski definition) is 4. The molecule has 1 saturated heterocycles. The molecule has 4 heteroatoms. The normalized spacial score (nSPS) is 47.7. The quantitative estimate of drug-likeness (QED) is 0.536. The third kappa shape index (κ3) is 1.10. The van der Waals surface area contributed by atoms with Gasteiger partial charge >= 0.3 is 0 Å². The van der Waals surface area contributed by atoms with Gasteiger partial charge in [0, 0.05) is 12.0 Å². The fraction of sp³-hybridized carbons (Fsp3) is 0.545. The Morgan fingerprint density at radius 1 is 1.60 bits per heavy atom. The molecule has 1 fully saturated rings. The summed E-state index contributed by atoms with van der Waals surface area (Å²) < 4.78 is 5.23. The first kappa shape index (κ1) is 9.27. The Morgan fingerprint density at radius 3 is 3.07 bits per heavy atom. The lowest BCUT2D eigenvalue weighted by atomic mass is 9.73. The Labute approximate surface area is 86.9 Å². The summed E-state index contributed by atoms with van der Waals surface area (Å²) in [6.07, 6.45) is 1.84. The van der Waals surface area contributed by atoms with Crippen LogP contribution in [0.3, 0.4) is 0 Å². The first-order chi connectivity index (χ1) is 7.02. The fourth-order valence-corrected chi connectivity index (χ4v) is 2.60. The first-order valence-corrected chi connectivity index (χ1v) is 5.02. The maximum absolute atomic E-state index is 11.7. The van der Waals surface area contributed by atoms with Gasteiger partial charge in [0.2, 0.25) is 0 Å². The highest BCUT2D eigenvalue weighted by molar-refractivity contribution is 6.07. The van der Waals surface area contributed by atoms with Crippen molar-refractivity contribution in [3.8, 4) is 0 Å². The smallest absolute Gasteiger partial charge is 0.184 e. The van der Waals surface area contributed by atoms with E-state index in [4.69, 9.17) is 4.74 Å².